The second-order valence-electron chi connectivity index (χ2n) is 7.53. The number of aromatic nitrogens is 1. The topological polar surface area (TPSA) is 109 Å². The van der Waals surface area contributed by atoms with Gasteiger partial charge in [-0.05, 0) is 51.3 Å². The zero-order valence-corrected chi connectivity index (χ0v) is 17.7. The average Bonchev–Trinajstić information content (AvgIpc) is 3.10. The third kappa shape index (κ3) is 3.38. The van der Waals surface area contributed by atoms with Gasteiger partial charge in [0.2, 0.25) is 0 Å². The molecule has 0 spiro atoms. The molecule has 1 aromatic carbocycles. The summed E-state index contributed by atoms with van der Waals surface area (Å²) in [6.45, 7) is 8.26. The van der Waals surface area contributed by atoms with Gasteiger partial charge in [0, 0.05) is 5.69 Å². The molecule has 8 nitrogen and oxygen atoms in total. The second kappa shape index (κ2) is 7.78. The molecule has 158 valence electrons. The molecule has 1 fully saturated rings. The lowest BCUT2D eigenvalue weighted by atomic mass is 9.88. The van der Waals surface area contributed by atoms with Gasteiger partial charge in [-0.1, -0.05) is 24.3 Å². The number of esters is 1. The van der Waals surface area contributed by atoms with E-state index in [2.05, 4.69) is 10.3 Å². The van der Waals surface area contributed by atoms with Gasteiger partial charge in [-0.2, -0.15) is 0 Å². The maximum absolute atomic E-state index is 13.1. The molecule has 1 aliphatic heterocycles. The van der Waals surface area contributed by atoms with Crippen LogP contribution in [0.5, 0.6) is 0 Å². The van der Waals surface area contributed by atoms with Crippen LogP contribution in [0.2, 0.25) is 0 Å². The number of nitrogens with zero attached hydrogens (tertiary/aromatic N) is 1. The number of urea groups is 1. The molecule has 0 aliphatic carbocycles. The third-order valence-corrected chi connectivity index (χ3v) is 5.46. The number of hydrogen-bond acceptors (Lipinski definition) is 5. The van der Waals surface area contributed by atoms with E-state index in [9.17, 15) is 19.2 Å². The summed E-state index contributed by atoms with van der Waals surface area (Å²) >= 11 is 0. The minimum absolute atomic E-state index is 0.181. The lowest BCUT2D eigenvalue weighted by Crippen LogP contribution is -2.42. The number of benzene rings is 1. The molecule has 30 heavy (non-hydrogen) atoms. The number of carbonyl (C=O) groups excluding carboxylic acids is 4. The van der Waals surface area contributed by atoms with Crippen LogP contribution in [0.25, 0.3) is 0 Å². The molecule has 3 rings (SSSR count). The van der Waals surface area contributed by atoms with E-state index in [1.54, 1.807) is 39.8 Å². The molecule has 3 amide bonds. The Morgan fingerprint density at radius 1 is 1.13 bits per heavy atom. The molecule has 2 heterocycles. The Morgan fingerprint density at radius 3 is 2.43 bits per heavy atom. The van der Waals surface area contributed by atoms with Gasteiger partial charge in [0.05, 0.1) is 24.4 Å². The number of nitrogens with one attached hydrogen (secondary N) is 2. The second-order valence-corrected chi connectivity index (χ2v) is 7.53. The lowest BCUT2D eigenvalue weighted by Gasteiger charge is -2.24. The highest BCUT2D eigenvalue weighted by atomic mass is 16.5. The summed E-state index contributed by atoms with van der Waals surface area (Å²) in [7, 11) is 0. The van der Waals surface area contributed by atoms with E-state index in [1.807, 2.05) is 19.1 Å². The van der Waals surface area contributed by atoms with Gasteiger partial charge in [0.25, 0.3) is 5.91 Å². The molecular formula is C22H25N3O5. The molecule has 2 aromatic rings. The zero-order chi connectivity index (χ0) is 22.2. The Morgan fingerprint density at radius 2 is 1.80 bits per heavy atom. The maximum Gasteiger partial charge on any atom is 0.340 e. The van der Waals surface area contributed by atoms with E-state index >= 15 is 0 Å². The van der Waals surface area contributed by atoms with Crippen LogP contribution < -0.4 is 5.32 Å². The van der Waals surface area contributed by atoms with Crippen LogP contribution in [0.4, 0.5) is 4.79 Å². The summed E-state index contributed by atoms with van der Waals surface area (Å²) in [4.78, 5) is 54.6. The van der Waals surface area contributed by atoms with Crippen LogP contribution in [-0.4, -0.2) is 46.7 Å². The number of H-pyrrole nitrogens is 1. The monoisotopic (exact) mass is 411 g/mol. The molecule has 0 saturated carbocycles. The Bertz CT molecular complexity index is 1060. The highest BCUT2D eigenvalue weighted by Crippen LogP contribution is 2.31. The van der Waals surface area contributed by atoms with Crippen LogP contribution in [0, 0.1) is 20.8 Å². The van der Waals surface area contributed by atoms with Crippen molar-refractivity contribution in [3.63, 3.8) is 0 Å². The molecule has 1 aliphatic rings. The minimum atomic E-state index is -1.25. The number of ketones is 1. The van der Waals surface area contributed by atoms with Crippen molar-refractivity contribution in [2.45, 2.75) is 40.2 Å². The van der Waals surface area contributed by atoms with Crippen LogP contribution in [0.1, 0.15) is 57.1 Å². The fourth-order valence-electron chi connectivity index (χ4n) is 3.92. The van der Waals surface area contributed by atoms with E-state index in [4.69, 9.17) is 4.74 Å². The highest BCUT2D eigenvalue weighted by Gasteiger charge is 2.50. The van der Waals surface area contributed by atoms with Crippen LogP contribution in [0.15, 0.2) is 24.3 Å². The number of imide groups is 1. The van der Waals surface area contributed by atoms with E-state index in [1.165, 1.54) is 0 Å². The van der Waals surface area contributed by atoms with Crippen LogP contribution >= 0.6 is 0 Å². The summed E-state index contributed by atoms with van der Waals surface area (Å²) in [5.74, 6) is -1.49. The van der Waals surface area contributed by atoms with Crippen molar-refractivity contribution >= 4 is 23.7 Å². The normalized spacial score (nSPS) is 18.5. The molecular weight excluding hydrogens is 386 g/mol. The Labute approximate surface area is 174 Å². The first-order chi connectivity index (χ1) is 14.1. The fourth-order valence-corrected chi connectivity index (χ4v) is 3.92. The number of rotatable bonds is 6. The molecule has 8 heteroatoms. The molecule has 1 saturated heterocycles. The number of amides is 3. The summed E-state index contributed by atoms with van der Waals surface area (Å²) in [6.07, 6.45) is 0. The van der Waals surface area contributed by atoms with Gasteiger partial charge in [0.15, 0.2) is 5.78 Å². The molecule has 1 atom stereocenters. The molecule has 1 unspecified atom stereocenters. The van der Waals surface area contributed by atoms with E-state index in [-0.39, 0.29) is 12.3 Å². The summed E-state index contributed by atoms with van der Waals surface area (Å²) in [5.41, 5.74) is 1.69. The van der Waals surface area contributed by atoms with Crippen molar-refractivity contribution in [1.82, 2.24) is 15.2 Å². The molecule has 1 aromatic heterocycles. The van der Waals surface area contributed by atoms with Gasteiger partial charge in [-0.3, -0.25) is 14.5 Å². The lowest BCUT2D eigenvalue weighted by molar-refractivity contribution is -0.130. The van der Waals surface area contributed by atoms with Crippen molar-refractivity contribution in [3.05, 3.63) is 57.9 Å². The third-order valence-electron chi connectivity index (χ3n) is 5.46. The molecule has 0 bridgehead atoms. The van der Waals surface area contributed by atoms with E-state index in [0.717, 1.165) is 10.5 Å². The molecule has 0 radical (unpaired) electrons. The van der Waals surface area contributed by atoms with Crippen LogP contribution in [-0.2, 0) is 15.1 Å². The molecule has 2 N–H and O–H groups in total. The van der Waals surface area contributed by atoms with E-state index in [0.29, 0.717) is 22.4 Å². The summed E-state index contributed by atoms with van der Waals surface area (Å²) < 4.78 is 5.04. The van der Waals surface area contributed by atoms with Gasteiger partial charge in [-0.25, -0.2) is 9.59 Å². The smallest absolute Gasteiger partial charge is 0.340 e. The minimum Gasteiger partial charge on any atom is -0.462 e. The standard InChI is InChI=1S/C22H25N3O5/c1-6-30-19(27)17-13(3)18(23-14(17)4)16(26)11-25-20(28)22(5,24-21(25)29)15-10-8-7-9-12(15)2/h7-10,23H,6,11H2,1-5H3,(H,24,29). The predicted molar refractivity (Wildman–Crippen MR) is 109 cm³/mol. The number of aromatic amines is 1. The first-order valence-corrected chi connectivity index (χ1v) is 9.71. The zero-order valence-electron chi connectivity index (χ0n) is 17.7. The quantitative estimate of drug-likeness (QED) is 0.432. The number of ether oxygens (including phenoxy) is 1. The number of carbonyl (C=O) groups is 4. The van der Waals surface area contributed by atoms with Crippen molar-refractivity contribution in [1.29, 1.82) is 0 Å². The highest BCUT2D eigenvalue weighted by molar-refractivity contribution is 6.11. The van der Waals surface area contributed by atoms with Gasteiger partial charge in [0.1, 0.15) is 5.54 Å². The van der Waals surface area contributed by atoms with Gasteiger partial charge < -0.3 is 15.0 Å². The first kappa shape index (κ1) is 21.3. The van der Waals surface area contributed by atoms with Crippen molar-refractivity contribution < 1.29 is 23.9 Å². The number of hydrogen-bond donors (Lipinski definition) is 2. The Balaban J connectivity index is 1.87. The Hall–Kier alpha value is -3.42. The number of aryl methyl sites for hydroxylation is 2. The largest absolute Gasteiger partial charge is 0.462 e. The van der Waals surface area contributed by atoms with Crippen molar-refractivity contribution in [2.24, 2.45) is 0 Å². The number of Topliss-reactive ketones (excluding diaryl/α,β-unsaturated/α-hetero) is 1. The van der Waals surface area contributed by atoms with Crippen molar-refractivity contribution in [3.8, 4) is 0 Å². The fraction of sp³-hybridized carbons (Fsp3) is 0.364. The summed E-state index contributed by atoms with van der Waals surface area (Å²) in [5, 5.41) is 2.71. The Kier molecular flexibility index (Phi) is 5.52. The summed E-state index contributed by atoms with van der Waals surface area (Å²) in [6, 6.07) is 6.65. The van der Waals surface area contributed by atoms with Gasteiger partial charge in [-0.15, -0.1) is 0 Å². The SMILES string of the molecule is CCOC(=O)c1c(C)[nH]c(C(=O)CN2C(=O)NC(C)(c3ccccc3C)C2=O)c1C. The predicted octanol–water partition coefficient (Wildman–Crippen LogP) is 2.77. The van der Waals surface area contributed by atoms with Crippen LogP contribution in [0.3, 0.4) is 0 Å². The average molecular weight is 411 g/mol. The first-order valence-electron chi connectivity index (χ1n) is 9.71. The maximum atomic E-state index is 13.1. The van der Waals surface area contributed by atoms with Crippen molar-refractivity contribution in [2.75, 3.05) is 13.2 Å². The van der Waals surface area contributed by atoms with Gasteiger partial charge >= 0.3 is 12.0 Å². The van der Waals surface area contributed by atoms with E-state index < -0.39 is 35.8 Å².